The van der Waals surface area contributed by atoms with Crippen LogP contribution in [0.5, 0.6) is 5.75 Å². The summed E-state index contributed by atoms with van der Waals surface area (Å²) in [6.07, 6.45) is 2.69. The van der Waals surface area contributed by atoms with Crippen LogP contribution in [-0.4, -0.2) is 28.1 Å². The molecule has 3 rings (SSSR count). The van der Waals surface area contributed by atoms with Crippen molar-refractivity contribution in [3.8, 4) is 17.2 Å². The third-order valence-electron chi connectivity index (χ3n) is 3.18. The van der Waals surface area contributed by atoms with Gasteiger partial charge in [0.2, 0.25) is 0 Å². The zero-order valence-corrected chi connectivity index (χ0v) is 14.2. The number of anilines is 1. The first-order valence-corrected chi connectivity index (χ1v) is 8.08. The lowest BCUT2D eigenvalue weighted by Crippen LogP contribution is -2.07. The van der Waals surface area contributed by atoms with Crippen LogP contribution in [-0.2, 0) is 4.79 Å². The molecular weight excluding hydrogens is 360 g/mol. The fraction of sp³-hybridized carbons (Fsp3) is 0.0625. The van der Waals surface area contributed by atoms with Gasteiger partial charge in [-0.3, -0.25) is 20.2 Å². The highest BCUT2D eigenvalue weighted by Crippen LogP contribution is 2.29. The van der Waals surface area contributed by atoms with E-state index in [0.717, 1.165) is 11.3 Å². The summed E-state index contributed by atoms with van der Waals surface area (Å²) in [6.45, 7) is 0. The van der Waals surface area contributed by atoms with E-state index >= 15 is 0 Å². The lowest BCUT2D eigenvalue weighted by atomic mass is 10.2. The van der Waals surface area contributed by atoms with Crippen molar-refractivity contribution >= 4 is 34.3 Å². The van der Waals surface area contributed by atoms with E-state index in [1.165, 1.54) is 25.3 Å². The van der Waals surface area contributed by atoms with E-state index in [1.807, 2.05) is 0 Å². The van der Waals surface area contributed by atoms with Crippen LogP contribution in [0.15, 0.2) is 46.9 Å². The minimum absolute atomic E-state index is 0.00316. The van der Waals surface area contributed by atoms with E-state index in [-0.39, 0.29) is 16.9 Å². The van der Waals surface area contributed by atoms with Crippen LogP contribution >= 0.6 is 11.3 Å². The number of thiophene rings is 1. The normalized spacial score (nSPS) is 10.8. The molecule has 0 radical (unpaired) electrons. The molecule has 9 nitrogen and oxygen atoms in total. The molecule has 0 aliphatic carbocycles. The first-order chi connectivity index (χ1) is 12.6. The van der Waals surface area contributed by atoms with Gasteiger partial charge in [0.25, 0.3) is 11.8 Å². The maximum Gasteiger partial charge on any atom is 0.324 e. The lowest BCUT2D eigenvalue weighted by Gasteiger charge is -2.03. The zero-order chi connectivity index (χ0) is 18.5. The summed E-state index contributed by atoms with van der Waals surface area (Å²) in [7, 11) is 1.53. The van der Waals surface area contributed by atoms with Crippen LogP contribution in [0, 0.1) is 10.1 Å². The maximum atomic E-state index is 11.9. The van der Waals surface area contributed by atoms with Gasteiger partial charge in [0.1, 0.15) is 5.75 Å². The fourth-order valence-electron chi connectivity index (χ4n) is 2.04. The van der Waals surface area contributed by atoms with Crippen LogP contribution in [0.2, 0.25) is 0 Å². The number of hydrogen-bond acceptors (Lipinski definition) is 8. The Morgan fingerprint density at radius 1 is 1.31 bits per heavy atom. The van der Waals surface area contributed by atoms with E-state index < -0.39 is 10.8 Å². The van der Waals surface area contributed by atoms with Gasteiger partial charge >= 0.3 is 11.0 Å². The third kappa shape index (κ3) is 3.92. The summed E-state index contributed by atoms with van der Waals surface area (Å²) >= 11 is 0.964. The molecule has 2 aromatic heterocycles. The molecule has 0 saturated heterocycles. The molecule has 1 N–H and O–H groups in total. The summed E-state index contributed by atoms with van der Waals surface area (Å²) in [5.41, 5.74) is 0.601. The summed E-state index contributed by atoms with van der Waals surface area (Å²) in [6, 6.07) is 9.96. The minimum atomic E-state index is -0.503. The van der Waals surface area contributed by atoms with E-state index in [9.17, 15) is 14.9 Å². The van der Waals surface area contributed by atoms with Gasteiger partial charge in [-0.2, -0.15) is 0 Å². The van der Waals surface area contributed by atoms with Crippen LogP contribution in [0.1, 0.15) is 4.88 Å². The Labute approximate surface area is 151 Å². The Kier molecular flexibility index (Phi) is 5.04. The topological polar surface area (TPSA) is 120 Å². The fourth-order valence-corrected chi connectivity index (χ4v) is 2.76. The van der Waals surface area contributed by atoms with Crippen molar-refractivity contribution < 1.29 is 18.9 Å². The van der Waals surface area contributed by atoms with Crippen molar-refractivity contribution in [3.05, 3.63) is 57.5 Å². The van der Waals surface area contributed by atoms with E-state index in [4.69, 9.17) is 9.15 Å². The number of para-hydroxylation sites is 1. The van der Waals surface area contributed by atoms with Crippen LogP contribution in [0.25, 0.3) is 17.5 Å². The molecule has 26 heavy (non-hydrogen) atoms. The van der Waals surface area contributed by atoms with E-state index in [0.29, 0.717) is 16.2 Å². The SMILES string of the molecule is COc1ccccc1-c1nnc(NC(=O)/C=C/c2ccc([N+](=O)[O-])s2)o1. The Balaban J connectivity index is 1.67. The monoisotopic (exact) mass is 372 g/mol. The largest absolute Gasteiger partial charge is 0.496 e. The number of carbonyl (C=O) groups is 1. The van der Waals surface area contributed by atoms with Gasteiger partial charge in [-0.15, -0.1) is 5.10 Å². The molecule has 0 spiro atoms. The number of methoxy groups -OCH3 is 1. The van der Waals surface area contributed by atoms with Crippen molar-refractivity contribution in [1.82, 2.24) is 10.2 Å². The van der Waals surface area contributed by atoms with Crippen molar-refractivity contribution in [1.29, 1.82) is 0 Å². The number of amides is 1. The molecule has 1 amide bonds. The predicted molar refractivity (Wildman–Crippen MR) is 94.9 cm³/mol. The lowest BCUT2D eigenvalue weighted by molar-refractivity contribution is -0.380. The highest BCUT2D eigenvalue weighted by molar-refractivity contribution is 7.16. The quantitative estimate of drug-likeness (QED) is 0.400. The number of nitro groups is 1. The van der Waals surface area contributed by atoms with Crippen LogP contribution in [0.3, 0.4) is 0 Å². The summed E-state index contributed by atoms with van der Waals surface area (Å²) in [5.74, 6) is 0.264. The predicted octanol–water partition coefficient (Wildman–Crippen LogP) is 3.37. The average molecular weight is 372 g/mol. The third-order valence-corrected chi connectivity index (χ3v) is 4.19. The first kappa shape index (κ1) is 17.3. The Bertz CT molecular complexity index is 978. The van der Waals surface area contributed by atoms with Gasteiger partial charge in [-0.1, -0.05) is 28.6 Å². The van der Waals surface area contributed by atoms with Gasteiger partial charge < -0.3 is 9.15 Å². The molecule has 0 aliphatic rings. The molecule has 0 saturated carbocycles. The number of benzene rings is 1. The van der Waals surface area contributed by atoms with Crippen LogP contribution in [0.4, 0.5) is 11.0 Å². The van der Waals surface area contributed by atoms with Gasteiger partial charge in [-0.05, 0) is 24.3 Å². The van der Waals surface area contributed by atoms with Crippen LogP contribution < -0.4 is 10.1 Å². The van der Waals surface area contributed by atoms with Crippen molar-refractivity contribution in [2.75, 3.05) is 12.4 Å². The molecule has 10 heteroatoms. The second kappa shape index (κ2) is 7.57. The molecular formula is C16H12N4O5S. The molecule has 3 aromatic rings. The maximum absolute atomic E-state index is 11.9. The minimum Gasteiger partial charge on any atom is -0.496 e. The highest BCUT2D eigenvalue weighted by Gasteiger charge is 2.14. The van der Waals surface area contributed by atoms with Gasteiger partial charge in [0.05, 0.1) is 17.6 Å². The molecule has 2 heterocycles. The van der Waals surface area contributed by atoms with E-state index in [1.54, 1.807) is 30.3 Å². The Morgan fingerprint density at radius 2 is 2.12 bits per heavy atom. The summed E-state index contributed by atoms with van der Waals surface area (Å²) < 4.78 is 10.6. The highest BCUT2D eigenvalue weighted by atomic mass is 32.1. The number of rotatable bonds is 6. The number of ether oxygens (including phenoxy) is 1. The molecule has 0 atom stereocenters. The number of nitrogens with one attached hydrogen (secondary N) is 1. The van der Waals surface area contributed by atoms with Gasteiger partial charge in [0.15, 0.2) is 0 Å². The number of hydrogen-bond donors (Lipinski definition) is 1. The number of carbonyl (C=O) groups excluding carboxylic acids is 1. The number of aromatic nitrogens is 2. The zero-order valence-electron chi connectivity index (χ0n) is 13.4. The molecule has 0 aliphatic heterocycles. The molecule has 1 aromatic carbocycles. The molecule has 0 fully saturated rings. The average Bonchev–Trinajstić information content (AvgIpc) is 3.29. The summed E-state index contributed by atoms with van der Waals surface area (Å²) in [4.78, 5) is 22.6. The summed E-state index contributed by atoms with van der Waals surface area (Å²) in [5, 5.41) is 20.7. The van der Waals surface area contributed by atoms with E-state index in [2.05, 4.69) is 15.5 Å². The van der Waals surface area contributed by atoms with Crippen molar-refractivity contribution in [2.45, 2.75) is 0 Å². The van der Waals surface area contributed by atoms with Crippen molar-refractivity contribution in [2.24, 2.45) is 0 Å². The molecule has 0 bridgehead atoms. The second-order valence-corrected chi connectivity index (χ2v) is 5.96. The van der Waals surface area contributed by atoms with Gasteiger partial charge in [-0.25, -0.2) is 0 Å². The number of nitrogens with zero attached hydrogens (tertiary/aromatic N) is 3. The van der Waals surface area contributed by atoms with Crippen molar-refractivity contribution in [3.63, 3.8) is 0 Å². The molecule has 0 unspecified atom stereocenters. The first-order valence-electron chi connectivity index (χ1n) is 7.27. The Morgan fingerprint density at radius 3 is 2.85 bits per heavy atom. The second-order valence-electron chi connectivity index (χ2n) is 4.87. The Hall–Kier alpha value is -3.53. The molecule has 132 valence electrons. The van der Waals surface area contributed by atoms with Gasteiger partial charge in [0, 0.05) is 17.0 Å². The standard InChI is InChI=1S/C16H12N4O5S/c1-24-12-5-3-2-4-11(12)15-18-19-16(25-15)17-13(21)8-6-10-7-9-14(26-10)20(22)23/h2-9H,1H3,(H,17,19,21)/b8-6+. The smallest absolute Gasteiger partial charge is 0.324 e.